The lowest BCUT2D eigenvalue weighted by molar-refractivity contribution is 0.0702. The quantitative estimate of drug-likeness (QED) is 0.516. The van der Waals surface area contributed by atoms with Crippen molar-refractivity contribution in [3.05, 3.63) is 46.7 Å². The highest BCUT2D eigenvalue weighted by molar-refractivity contribution is 8.93. The summed E-state index contributed by atoms with van der Waals surface area (Å²) in [5, 5.41) is 15.1. The molecule has 0 amide bonds. The highest BCUT2D eigenvalue weighted by Crippen LogP contribution is 2.39. The van der Waals surface area contributed by atoms with Gasteiger partial charge in [0.15, 0.2) is 5.13 Å². The van der Waals surface area contributed by atoms with Gasteiger partial charge in [-0.1, -0.05) is 18.2 Å². The third-order valence-corrected chi connectivity index (χ3v) is 5.92. The summed E-state index contributed by atoms with van der Waals surface area (Å²) in [4.78, 5) is 16.0. The monoisotopic (exact) mass is 428 g/mol. The lowest BCUT2D eigenvalue weighted by Gasteiger charge is -2.01. The van der Waals surface area contributed by atoms with Crippen molar-refractivity contribution in [3.8, 4) is 11.3 Å². The van der Waals surface area contributed by atoms with E-state index in [0.717, 1.165) is 26.3 Å². The first-order valence-electron chi connectivity index (χ1n) is 6.36. The molecule has 1 aromatic carbocycles. The number of rotatable bonds is 5. The van der Waals surface area contributed by atoms with E-state index in [1.165, 1.54) is 22.7 Å². The molecule has 0 unspecified atom stereocenters. The number of nitrogens with zero attached hydrogens (tertiary/aromatic N) is 1. The fraction of sp³-hybridized carbons (Fsp3) is 0.0667. The van der Waals surface area contributed by atoms with Gasteiger partial charge in [0.2, 0.25) is 0 Å². The van der Waals surface area contributed by atoms with Crippen molar-refractivity contribution < 1.29 is 9.90 Å². The van der Waals surface area contributed by atoms with E-state index < -0.39 is 5.97 Å². The van der Waals surface area contributed by atoms with Gasteiger partial charge in [0.05, 0.1) is 9.90 Å². The van der Waals surface area contributed by atoms with E-state index in [4.69, 9.17) is 5.11 Å². The topological polar surface area (TPSA) is 62.2 Å². The van der Waals surface area contributed by atoms with Crippen LogP contribution in [0.4, 0.5) is 10.8 Å². The SMILES string of the molecule is Br.CSc1sc(C(=O)O)cc1-c1csc(Nc2ccccc2)n1. The van der Waals surface area contributed by atoms with E-state index in [1.807, 2.05) is 42.0 Å². The molecule has 3 aromatic rings. The van der Waals surface area contributed by atoms with E-state index in [9.17, 15) is 4.79 Å². The Morgan fingerprint density at radius 2 is 2.04 bits per heavy atom. The van der Waals surface area contributed by atoms with Crippen LogP contribution in [0.25, 0.3) is 11.3 Å². The van der Waals surface area contributed by atoms with Crippen LogP contribution in [-0.2, 0) is 0 Å². The van der Waals surface area contributed by atoms with Crippen LogP contribution in [0, 0.1) is 0 Å². The molecule has 0 aliphatic carbocycles. The van der Waals surface area contributed by atoms with Gasteiger partial charge in [0, 0.05) is 16.6 Å². The van der Waals surface area contributed by atoms with Gasteiger partial charge in [-0.25, -0.2) is 9.78 Å². The number of hydrogen-bond donors (Lipinski definition) is 2. The molecule has 2 aromatic heterocycles. The Balaban J connectivity index is 0.00000192. The zero-order valence-electron chi connectivity index (χ0n) is 12.0. The molecule has 0 saturated carbocycles. The smallest absolute Gasteiger partial charge is 0.345 e. The van der Waals surface area contributed by atoms with E-state index in [-0.39, 0.29) is 17.0 Å². The highest BCUT2D eigenvalue weighted by atomic mass is 79.9. The van der Waals surface area contributed by atoms with E-state index in [2.05, 4.69) is 10.3 Å². The van der Waals surface area contributed by atoms with Gasteiger partial charge in [-0.3, -0.25) is 0 Å². The molecule has 0 aliphatic rings. The minimum atomic E-state index is -0.899. The Morgan fingerprint density at radius 3 is 2.70 bits per heavy atom. The number of thiazole rings is 1. The lowest BCUT2D eigenvalue weighted by atomic mass is 10.2. The second kappa shape index (κ2) is 7.96. The zero-order chi connectivity index (χ0) is 15.5. The predicted molar refractivity (Wildman–Crippen MR) is 104 cm³/mol. The number of anilines is 2. The third kappa shape index (κ3) is 4.14. The van der Waals surface area contributed by atoms with E-state index >= 15 is 0 Å². The van der Waals surface area contributed by atoms with Crippen LogP contribution in [0.5, 0.6) is 0 Å². The molecule has 0 spiro atoms. The second-order valence-electron chi connectivity index (χ2n) is 4.35. The average molecular weight is 429 g/mol. The summed E-state index contributed by atoms with van der Waals surface area (Å²) in [5.74, 6) is -0.899. The van der Waals surface area contributed by atoms with Gasteiger partial charge < -0.3 is 10.4 Å². The average Bonchev–Trinajstić information content (AvgIpc) is 3.14. The van der Waals surface area contributed by atoms with Crippen LogP contribution in [0.15, 0.2) is 46.0 Å². The number of thioether (sulfide) groups is 1. The fourth-order valence-electron chi connectivity index (χ4n) is 1.91. The van der Waals surface area contributed by atoms with Crippen LogP contribution in [0.1, 0.15) is 9.67 Å². The Kier molecular flexibility index (Phi) is 6.23. The minimum Gasteiger partial charge on any atom is -0.477 e. The zero-order valence-corrected chi connectivity index (χ0v) is 16.1. The van der Waals surface area contributed by atoms with Crippen molar-refractivity contribution in [2.45, 2.75) is 4.21 Å². The Hall–Kier alpha value is -1.35. The number of carboxylic acids is 1. The minimum absolute atomic E-state index is 0. The molecule has 3 rings (SSSR count). The van der Waals surface area contributed by atoms with Crippen molar-refractivity contribution in [1.29, 1.82) is 0 Å². The normalized spacial score (nSPS) is 10.1. The summed E-state index contributed by atoms with van der Waals surface area (Å²) in [7, 11) is 0. The number of carboxylic acid groups (broad SMARTS) is 1. The number of aromatic carboxylic acids is 1. The van der Waals surface area contributed by atoms with E-state index in [0.29, 0.717) is 4.88 Å². The number of aromatic nitrogens is 1. The van der Waals surface area contributed by atoms with Crippen molar-refractivity contribution in [3.63, 3.8) is 0 Å². The molecule has 4 nitrogen and oxygen atoms in total. The number of halogens is 1. The first-order valence-corrected chi connectivity index (χ1v) is 9.28. The molecule has 120 valence electrons. The summed E-state index contributed by atoms with van der Waals surface area (Å²) < 4.78 is 0.967. The van der Waals surface area contributed by atoms with Gasteiger partial charge in [-0.15, -0.1) is 51.4 Å². The fourth-order valence-corrected chi connectivity index (χ4v) is 4.36. The number of carbonyl (C=O) groups is 1. The van der Waals surface area contributed by atoms with Gasteiger partial charge in [0.25, 0.3) is 0 Å². The molecule has 0 bridgehead atoms. The highest BCUT2D eigenvalue weighted by Gasteiger charge is 2.16. The van der Waals surface area contributed by atoms with Crippen LogP contribution < -0.4 is 5.32 Å². The number of para-hydroxylation sites is 1. The number of benzene rings is 1. The first-order chi connectivity index (χ1) is 10.7. The van der Waals surface area contributed by atoms with Crippen LogP contribution >= 0.6 is 51.4 Å². The molecule has 2 N–H and O–H groups in total. The number of hydrogen-bond acceptors (Lipinski definition) is 6. The molecule has 0 saturated heterocycles. The summed E-state index contributed by atoms with van der Waals surface area (Å²) in [6.07, 6.45) is 1.94. The molecule has 0 fully saturated rings. The summed E-state index contributed by atoms with van der Waals surface area (Å²) >= 11 is 4.33. The molecule has 0 radical (unpaired) electrons. The predicted octanol–water partition coefficient (Wildman–Crippen LogP) is 5.61. The van der Waals surface area contributed by atoms with Crippen LogP contribution in [0.3, 0.4) is 0 Å². The molecule has 2 heterocycles. The Bertz CT molecular complexity index is 802. The summed E-state index contributed by atoms with van der Waals surface area (Å²) in [5.41, 5.74) is 2.66. The van der Waals surface area contributed by atoms with Crippen molar-refractivity contribution in [1.82, 2.24) is 4.98 Å². The largest absolute Gasteiger partial charge is 0.477 e. The van der Waals surface area contributed by atoms with Crippen molar-refractivity contribution in [2.75, 3.05) is 11.6 Å². The van der Waals surface area contributed by atoms with Crippen molar-refractivity contribution in [2.24, 2.45) is 0 Å². The maximum atomic E-state index is 11.1. The molecule has 0 aliphatic heterocycles. The lowest BCUT2D eigenvalue weighted by Crippen LogP contribution is -1.90. The van der Waals surface area contributed by atoms with Gasteiger partial charge in [0.1, 0.15) is 4.88 Å². The molecular weight excluding hydrogens is 416 g/mol. The molecule has 0 atom stereocenters. The summed E-state index contributed by atoms with van der Waals surface area (Å²) in [6.45, 7) is 0. The van der Waals surface area contributed by atoms with Crippen LogP contribution in [0.2, 0.25) is 0 Å². The van der Waals surface area contributed by atoms with E-state index in [1.54, 1.807) is 17.8 Å². The maximum Gasteiger partial charge on any atom is 0.345 e. The summed E-state index contributed by atoms with van der Waals surface area (Å²) in [6, 6.07) is 11.5. The van der Waals surface area contributed by atoms with Crippen molar-refractivity contribution >= 4 is 68.2 Å². The number of thiophene rings is 1. The van der Waals surface area contributed by atoms with Crippen LogP contribution in [-0.4, -0.2) is 22.3 Å². The third-order valence-electron chi connectivity index (χ3n) is 2.90. The van der Waals surface area contributed by atoms with Gasteiger partial charge in [-0.05, 0) is 24.5 Å². The Labute approximate surface area is 156 Å². The molecule has 23 heavy (non-hydrogen) atoms. The number of nitrogens with one attached hydrogen (secondary N) is 1. The molecular formula is C15H13BrN2O2S3. The standard InChI is InChI=1S/C15H12N2O2S3.BrH/c1-20-14-10(7-12(22-14)13(18)19)11-8-21-15(17-11)16-9-5-3-2-4-6-9;/h2-8H,1H3,(H,16,17)(H,18,19);1H. The Morgan fingerprint density at radius 1 is 1.30 bits per heavy atom. The second-order valence-corrected chi connectivity index (χ2v) is 7.34. The van der Waals surface area contributed by atoms with Gasteiger partial charge >= 0.3 is 5.97 Å². The molecule has 8 heteroatoms. The maximum absolute atomic E-state index is 11.1. The first kappa shape index (κ1) is 18.0. The van der Waals surface area contributed by atoms with Gasteiger partial charge in [-0.2, -0.15) is 0 Å².